The molecule has 5 aromatic rings. The maximum absolute atomic E-state index is 13.7. The van der Waals surface area contributed by atoms with Gasteiger partial charge in [-0.1, -0.05) is 42.5 Å². The van der Waals surface area contributed by atoms with Crippen molar-refractivity contribution in [2.75, 3.05) is 5.01 Å². The molecule has 0 bridgehead atoms. The lowest BCUT2D eigenvalue weighted by atomic mass is 10.2. The Morgan fingerprint density at radius 3 is 1.67 bits per heavy atom. The Morgan fingerprint density at radius 1 is 0.673 bits per heavy atom. The van der Waals surface area contributed by atoms with Crippen molar-refractivity contribution in [1.29, 1.82) is 0 Å². The summed E-state index contributed by atoms with van der Waals surface area (Å²) in [6.45, 7) is 0. The number of allylic oxidation sites excluding steroid dienone is 2. The second-order valence-electron chi connectivity index (χ2n) is 11.2. The van der Waals surface area contributed by atoms with E-state index in [0.29, 0.717) is 11.4 Å². The maximum Gasteiger partial charge on any atom is 0.316 e. The van der Waals surface area contributed by atoms with Gasteiger partial charge < -0.3 is 15.3 Å². The van der Waals surface area contributed by atoms with E-state index in [-0.39, 0.29) is 33.8 Å². The number of aromatic nitrogens is 2. The van der Waals surface area contributed by atoms with E-state index in [1.54, 1.807) is 60.7 Å². The first-order valence-corrected chi connectivity index (χ1v) is 18.5. The summed E-state index contributed by atoms with van der Waals surface area (Å²) in [5.41, 5.74) is 3.46. The molecule has 280 valence electrons. The van der Waals surface area contributed by atoms with Crippen molar-refractivity contribution in [2.45, 2.75) is 9.79 Å². The van der Waals surface area contributed by atoms with Gasteiger partial charge in [0.1, 0.15) is 0 Å². The standard InChI is InChI=1S/C35H28N8O10S2/c44-32-28(30(38-34(46)36-22-8-3-1-4-9-22)40-42(32)24-14-18-26(19-15-24)54(48,49)50)12-7-13-29-31(39-35(47)37-23-10-5-2-6-11-23)41-43(33(29)45)25-16-20-27(21-17-25)55(51,52)53/h1-21,44H,(H,48,49,50)(H,51,52,53)(H2,36,38,40,46)(H2,37,39,41,47)/b12-7+,29-13+. The van der Waals surface area contributed by atoms with Gasteiger partial charge in [-0.25, -0.2) is 9.69 Å². The van der Waals surface area contributed by atoms with Crippen LogP contribution in [0.3, 0.4) is 0 Å². The van der Waals surface area contributed by atoms with Gasteiger partial charge in [-0.15, -0.1) is 0 Å². The lowest BCUT2D eigenvalue weighted by Gasteiger charge is -2.15. The third kappa shape index (κ3) is 8.92. The summed E-state index contributed by atoms with van der Waals surface area (Å²) in [6.07, 6.45) is 3.90. The molecule has 1 saturated heterocycles. The van der Waals surface area contributed by atoms with Gasteiger partial charge >= 0.3 is 12.0 Å². The molecule has 2 heterocycles. The van der Waals surface area contributed by atoms with Gasteiger partial charge in [0.25, 0.3) is 26.1 Å². The molecule has 4 aromatic carbocycles. The number of carbonyl (C=O) groups excluding carboxylic acids is 1. The Morgan fingerprint density at radius 2 is 1.16 bits per heavy atom. The van der Waals surface area contributed by atoms with E-state index in [2.05, 4.69) is 30.5 Å². The molecule has 6 rings (SSSR count). The largest absolute Gasteiger partial charge is 0.493 e. The fraction of sp³-hybridized carbons (Fsp3) is 0. The van der Waals surface area contributed by atoms with Crippen molar-refractivity contribution in [3.63, 3.8) is 0 Å². The Bertz CT molecular complexity index is 2700. The molecule has 1 fully saturated rings. The molecule has 7 N–H and O–H groups in total. The molecular weight excluding hydrogens is 757 g/mol. The number of benzene rings is 4. The molecule has 0 aliphatic carbocycles. The van der Waals surface area contributed by atoms with Crippen molar-refractivity contribution in [3.8, 4) is 11.6 Å². The van der Waals surface area contributed by atoms with Crippen molar-refractivity contribution >= 4 is 67.2 Å². The molecule has 0 atom stereocenters. The van der Waals surface area contributed by atoms with Crippen molar-refractivity contribution in [1.82, 2.24) is 15.2 Å². The molecule has 1 aliphatic rings. The quantitative estimate of drug-likeness (QED) is 0.0505. The van der Waals surface area contributed by atoms with Gasteiger partial charge in [-0.2, -0.15) is 36.8 Å². The second-order valence-corrected chi connectivity index (χ2v) is 14.1. The average Bonchev–Trinajstić information content (AvgIpc) is 3.62. The third-order valence-corrected chi connectivity index (χ3v) is 9.27. The minimum atomic E-state index is -4.52. The van der Waals surface area contributed by atoms with Crippen LogP contribution in [0.4, 0.5) is 17.1 Å². The van der Waals surface area contributed by atoms with Crippen LogP contribution in [0.1, 0.15) is 5.56 Å². The van der Waals surface area contributed by atoms with Crippen LogP contribution in [0.25, 0.3) is 11.8 Å². The number of nitrogens with one attached hydrogen (secondary N) is 2. The molecular formula is C35H28N8O10S2. The smallest absolute Gasteiger partial charge is 0.316 e. The number of para-hydroxylation sites is 2. The highest BCUT2D eigenvalue weighted by Crippen LogP contribution is 2.25. The Hall–Kier alpha value is -7.13. The van der Waals surface area contributed by atoms with E-state index >= 15 is 0 Å². The number of H-pyrrole nitrogens is 1. The molecule has 0 saturated carbocycles. The van der Waals surface area contributed by atoms with E-state index in [1.165, 1.54) is 42.5 Å². The summed E-state index contributed by atoms with van der Waals surface area (Å²) in [5, 5.41) is 36.3. The molecule has 55 heavy (non-hydrogen) atoms. The first-order chi connectivity index (χ1) is 26.2. The number of nitrogens with zero attached hydrogens (tertiary/aromatic N) is 6. The van der Waals surface area contributed by atoms with Crippen LogP contribution < -0.4 is 15.9 Å². The molecule has 1 aliphatic heterocycles. The third-order valence-electron chi connectivity index (χ3n) is 7.54. The van der Waals surface area contributed by atoms with E-state index in [4.69, 9.17) is 0 Å². The number of aliphatic imine (C=N–C) groups is 3. The Kier molecular flexibility index (Phi) is 10.6. The number of rotatable bonds is 8. The number of aromatic amines is 1. The van der Waals surface area contributed by atoms with Crippen LogP contribution in [-0.4, -0.2) is 74.8 Å². The number of anilines is 1. The number of hydrogen-bond acceptors (Lipinski definition) is 8. The van der Waals surface area contributed by atoms with Crippen LogP contribution >= 0.6 is 0 Å². The van der Waals surface area contributed by atoms with Crippen LogP contribution in [0.15, 0.2) is 157 Å². The predicted molar refractivity (Wildman–Crippen MR) is 201 cm³/mol. The molecule has 0 unspecified atom stereocenters. The number of amidine groups is 3. The summed E-state index contributed by atoms with van der Waals surface area (Å²) in [6, 6.07) is 24.7. The number of aliphatic hydroxyl groups excluding tert-OH is 2. The summed E-state index contributed by atoms with van der Waals surface area (Å²) < 4.78 is 66.1. The zero-order valence-corrected chi connectivity index (χ0v) is 29.5. The number of carbonyl (C=O) groups is 1. The molecule has 18 nitrogen and oxygen atoms in total. The predicted octanol–water partition coefficient (Wildman–Crippen LogP) is 4.29. The Labute approximate surface area is 311 Å². The summed E-state index contributed by atoms with van der Waals surface area (Å²) >= 11 is 0. The number of hydrazine groups is 1. The van der Waals surface area contributed by atoms with Gasteiger partial charge in [0.05, 0.1) is 43.7 Å². The lowest BCUT2D eigenvalue weighted by Crippen LogP contribution is -2.36. The van der Waals surface area contributed by atoms with Crippen LogP contribution in [0.2, 0.25) is 0 Å². The van der Waals surface area contributed by atoms with E-state index in [1.807, 2.05) is 0 Å². The molecule has 0 spiro atoms. The minimum Gasteiger partial charge on any atom is -0.493 e. The fourth-order valence-corrected chi connectivity index (χ4v) is 5.95. The first-order valence-electron chi connectivity index (χ1n) is 15.7. The Balaban J connectivity index is 1.43. The highest BCUT2D eigenvalue weighted by atomic mass is 32.2. The van der Waals surface area contributed by atoms with Gasteiger partial charge in [-0.05, 0) is 84.9 Å². The summed E-state index contributed by atoms with van der Waals surface area (Å²) in [5.74, 6) is -1.39. The van der Waals surface area contributed by atoms with Crippen molar-refractivity contribution in [2.24, 2.45) is 20.0 Å². The number of aliphatic hydroxyl groups is 2. The number of amides is 1. The molecule has 1 aromatic heterocycles. The fourth-order valence-electron chi connectivity index (χ4n) is 4.99. The highest BCUT2D eigenvalue weighted by molar-refractivity contribution is 7.86. The van der Waals surface area contributed by atoms with Crippen LogP contribution in [0.5, 0.6) is 5.88 Å². The average molecular weight is 785 g/mol. The maximum atomic E-state index is 13.7. The zero-order chi connectivity index (χ0) is 39.3. The topological polar surface area (TPSA) is 272 Å². The molecule has 0 radical (unpaired) electrons. The SMILES string of the molecule is O=C1/C(=C/C=C/c2c(O)n(-c3ccc(S(=O)(=O)O)cc3)[nH]c2=NC(O)=Nc2ccccc2)C(=NC(O)=Nc2ccccc2)NN1c1ccc(S(=O)(=O)O)cc1. The van der Waals surface area contributed by atoms with Gasteiger partial charge in [0, 0.05) is 0 Å². The van der Waals surface area contributed by atoms with Crippen molar-refractivity contribution in [3.05, 3.63) is 138 Å². The monoisotopic (exact) mass is 784 g/mol. The van der Waals surface area contributed by atoms with Crippen LogP contribution in [0, 0.1) is 0 Å². The molecule has 1 amide bonds. The lowest BCUT2D eigenvalue weighted by molar-refractivity contribution is -0.114. The van der Waals surface area contributed by atoms with Crippen molar-refractivity contribution < 1.29 is 46.1 Å². The minimum absolute atomic E-state index is 0.0476. The summed E-state index contributed by atoms with van der Waals surface area (Å²) in [7, 11) is -9.04. The van der Waals surface area contributed by atoms with Gasteiger partial charge in [-0.3, -0.25) is 24.4 Å². The van der Waals surface area contributed by atoms with E-state index in [0.717, 1.165) is 34.0 Å². The molecule has 20 heteroatoms. The van der Waals surface area contributed by atoms with Gasteiger partial charge in [0.2, 0.25) is 5.88 Å². The first kappa shape index (κ1) is 37.6. The highest BCUT2D eigenvalue weighted by Gasteiger charge is 2.33. The van der Waals surface area contributed by atoms with E-state index < -0.39 is 53.9 Å². The summed E-state index contributed by atoms with van der Waals surface area (Å²) in [4.78, 5) is 29.1. The number of aromatic hydroxyl groups is 1. The van der Waals surface area contributed by atoms with Gasteiger partial charge in [0.15, 0.2) is 11.3 Å². The zero-order valence-electron chi connectivity index (χ0n) is 27.9. The normalized spacial score (nSPS) is 16.1. The number of hydrogen-bond donors (Lipinski definition) is 7. The second kappa shape index (κ2) is 15.5. The van der Waals surface area contributed by atoms with E-state index in [9.17, 15) is 46.1 Å². The van der Waals surface area contributed by atoms with Crippen LogP contribution in [-0.2, 0) is 25.0 Å².